The van der Waals surface area contributed by atoms with Crippen LogP contribution in [0.3, 0.4) is 0 Å². The van der Waals surface area contributed by atoms with E-state index in [2.05, 4.69) is 32.4 Å². The van der Waals surface area contributed by atoms with Crippen molar-refractivity contribution in [3.8, 4) is 0 Å². The third-order valence-electron chi connectivity index (χ3n) is 5.10. The molecule has 2 aromatic heterocycles. The second-order valence-corrected chi connectivity index (χ2v) is 7.38. The topological polar surface area (TPSA) is 83.0 Å². The van der Waals surface area contributed by atoms with Gasteiger partial charge in [-0.3, -0.25) is 4.79 Å². The van der Waals surface area contributed by atoms with Crippen LogP contribution in [0.4, 0.5) is 11.6 Å². The highest BCUT2D eigenvalue weighted by Crippen LogP contribution is 2.35. The monoisotopic (exact) mass is 386 g/mol. The number of amides is 1. The maximum absolute atomic E-state index is 12.5. The third-order valence-corrected chi connectivity index (χ3v) is 5.31. The van der Waals surface area contributed by atoms with Crippen LogP contribution in [0.2, 0.25) is 5.02 Å². The van der Waals surface area contributed by atoms with Crippen LogP contribution < -0.4 is 15.5 Å². The summed E-state index contributed by atoms with van der Waals surface area (Å²) in [5, 5.41) is 6.90. The minimum absolute atomic E-state index is 0.00104. The maximum atomic E-state index is 12.5. The first-order valence-corrected chi connectivity index (χ1v) is 9.81. The van der Waals surface area contributed by atoms with E-state index < -0.39 is 0 Å². The van der Waals surface area contributed by atoms with E-state index in [9.17, 15) is 4.79 Å². The average molecular weight is 387 g/mol. The third kappa shape index (κ3) is 3.56. The van der Waals surface area contributed by atoms with Gasteiger partial charge < -0.3 is 15.5 Å². The Balaban J connectivity index is 1.59. The first kappa shape index (κ1) is 18.0. The van der Waals surface area contributed by atoms with E-state index in [1.54, 1.807) is 12.4 Å². The van der Waals surface area contributed by atoms with Crippen molar-refractivity contribution in [2.24, 2.45) is 0 Å². The van der Waals surface area contributed by atoms with E-state index in [0.717, 1.165) is 48.8 Å². The Labute approximate surface area is 163 Å². The molecule has 27 heavy (non-hydrogen) atoms. The second kappa shape index (κ2) is 7.68. The van der Waals surface area contributed by atoms with Gasteiger partial charge in [0, 0.05) is 37.6 Å². The van der Waals surface area contributed by atoms with E-state index in [-0.39, 0.29) is 17.9 Å². The minimum atomic E-state index is -0.163. The van der Waals surface area contributed by atoms with Crippen LogP contribution in [0, 0.1) is 0 Å². The summed E-state index contributed by atoms with van der Waals surface area (Å²) in [4.78, 5) is 28.2. The molecule has 0 bridgehead atoms. The largest absolute Gasteiger partial charge is 0.369 e. The Bertz CT molecular complexity index is 845. The molecular formula is C19H23ClN6O. The normalized spacial score (nSPS) is 21.0. The predicted octanol–water partition coefficient (Wildman–Crippen LogP) is 2.58. The lowest BCUT2D eigenvalue weighted by atomic mass is 10.0. The van der Waals surface area contributed by atoms with Crippen molar-refractivity contribution in [1.82, 2.24) is 20.3 Å². The van der Waals surface area contributed by atoms with Gasteiger partial charge in [-0.05, 0) is 31.4 Å². The van der Waals surface area contributed by atoms with Crippen LogP contribution in [0.1, 0.15) is 43.5 Å². The maximum Gasteiger partial charge on any atom is 0.242 e. The molecule has 0 saturated carbocycles. The lowest BCUT2D eigenvalue weighted by Crippen LogP contribution is -2.44. The molecule has 7 nitrogen and oxygen atoms in total. The van der Waals surface area contributed by atoms with Gasteiger partial charge in [0.25, 0.3) is 0 Å². The Morgan fingerprint density at radius 1 is 1.44 bits per heavy atom. The molecule has 0 spiro atoms. The van der Waals surface area contributed by atoms with Gasteiger partial charge in [-0.1, -0.05) is 18.5 Å². The Morgan fingerprint density at radius 3 is 3.19 bits per heavy atom. The van der Waals surface area contributed by atoms with Crippen molar-refractivity contribution in [3.63, 3.8) is 0 Å². The molecule has 0 aliphatic carbocycles. The van der Waals surface area contributed by atoms with Gasteiger partial charge in [0.1, 0.15) is 23.5 Å². The smallest absolute Gasteiger partial charge is 0.242 e. The van der Waals surface area contributed by atoms with Crippen molar-refractivity contribution < 1.29 is 4.79 Å². The molecule has 0 radical (unpaired) electrons. The minimum Gasteiger partial charge on any atom is -0.369 e. The molecule has 1 fully saturated rings. The second-order valence-electron chi connectivity index (χ2n) is 6.94. The molecule has 1 amide bonds. The highest BCUT2D eigenvalue weighted by molar-refractivity contribution is 6.30. The zero-order valence-corrected chi connectivity index (χ0v) is 16.0. The van der Waals surface area contributed by atoms with E-state index in [0.29, 0.717) is 18.1 Å². The van der Waals surface area contributed by atoms with Crippen LogP contribution in [0.5, 0.6) is 0 Å². The quantitative estimate of drug-likeness (QED) is 0.821. The summed E-state index contributed by atoms with van der Waals surface area (Å²) in [6, 6.07) is 3.64. The van der Waals surface area contributed by atoms with Crippen LogP contribution in [0.15, 0.2) is 24.5 Å². The highest BCUT2D eigenvalue weighted by atomic mass is 35.5. The van der Waals surface area contributed by atoms with Gasteiger partial charge in [-0.25, -0.2) is 15.0 Å². The lowest BCUT2D eigenvalue weighted by Gasteiger charge is -2.25. The fourth-order valence-electron chi connectivity index (χ4n) is 3.78. The van der Waals surface area contributed by atoms with Gasteiger partial charge in [0.05, 0.1) is 10.9 Å². The number of anilines is 2. The molecule has 1 unspecified atom stereocenters. The van der Waals surface area contributed by atoms with Crippen LogP contribution in [-0.2, 0) is 4.79 Å². The Morgan fingerprint density at radius 2 is 2.33 bits per heavy atom. The van der Waals surface area contributed by atoms with E-state index in [1.807, 2.05) is 12.1 Å². The molecule has 0 aromatic carbocycles. The Hall–Kier alpha value is -2.41. The van der Waals surface area contributed by atoms with Crippen molar-refractivity contribution in [1.29, 1.82) is 0 Å². The zero-order valence-electron chi connectivity index (χ0n) is 15.3. The van der Waals surface area contributed by atoms with Gasteiger partial charge in [0.15, 0.2) is 0 Å². The average Bonchev–Trinajstić information content (AvgIpc) is 3.33. The van der Waals surface area contributed by atoms with Gasteiger partial charge in [-0.2, -0.15) is 0 Å². The number of carbonyl (C=O) groups excluding carboxylic acids is 1. The number of rotatable bonds is 5. The Kier molecular flexibility index (Phi) is 5.11. The summed E-state index contributed by atoms with van der Waals surface area (Å²) in [6.45, 7) is 4.27. The van der Waals surface area contributed by atoms with Crippen LogP contribution in [-0.4, -0.2) is 46.5 Å². The number of hydrogen-bond acceptors (Lipinski definition) is 6. The van der Waals surface area contributed by atoms with Gasteiger partial charge in [-0.15, -0.1) is 0 Å². The molecule has 4 heterocycles. The lowest BCUT2D eigenvalue weighted by molar-refractivity contribution is -0.122. The summed E-state index contributed by atoms with van der Waals surface area (Å²) >= 11 is 6.12. The van der Waals surface area contributed by atoms with Crippen molar-refractivity contribution in [2.75, 3.05) is 29.9 Å². The molecule has 8 heteroatoms. The molecule has 2 aliphatic heterocycles. The van der Waals surface area contributed by atoms with Crippen LogP contribution >= 0.6 is 11.6 Å². The first-order valence-electron chi connectivity index (χ1n) is 9.44. The molecule has 142 valence electrons. The molecule has 1 saturated heterocycles. The molecule has 2 atom stereocenters. The molecule has 4 rings (SSSR count). The van der Waals surface area contributed by atoms with E-state index in [4.69, 9.17) is 16.6 Å². The number of aromatic nitrogens is 3. The number of hydrogen-bond donors (Lipinski definition) is 2. The van der Waals surface area contributed by atoms with Crippen LogP contribution in [0.25, 0.3) is 0 Å². The number of carbonyl (C=O) groups is 1. The zero-order chi connectivity index (χ0) is 18.8. The molecule has 2 aliphatic rings. The number of fused-ring (bicyclic) bond motifs is 1. The summed E-state index contributed by atoms with van der Waals surface area (Å²) in [5.74, 6) is 2.44. The number of halogens is 1. The fourth-order valence-corrected chi connectivity index (χ4v) is 3.94. The van der Waals surface area contributed by atoms with Crippen molar-refractivity contribution in [2.45, 2.75) is 38.1 Å². The van der Waals surface area contributed by atoms with E-state index in [1.165, 1.54) is 0 Å². The summed E-state index contributed by atoms with van der Waals surface area (Å²) in [7, 11) is 0. The first-order chi connectivity index (χ1) is 13.2. The summed E-state index contributed by atoms with van der Waals surface area (Å²) < 4.78 is 0. The number of pyridine rings is 1. The van der Waals surface area contributed by atoms with Crippen molar-refractivity contribution in [3.05, 3.63) is 40.9 Å². The number of nitrogens with zero attached hydrogens (tertiary/aromatic N) is 4. The van der Waals surface area contributed by atoms with Gasteiger partial charge >= 0.3 is 0 Å². The molecule has 2 N–H and O–H groups in total. The van der Waals surface area contributed by atoms with E-state index >= 15 is 0 Å². The van der Waals surface area contributed by atoms with Gasteiger partial charge in [0.2, 0.25) is 5.91 Å². The number of nitrogens with one attached hydrogen (secondary N) is 2. The molecular weight excluding hydrogens is 364 g/mol. The summed E-state index contributed by atoms with van der Waals surface area (Å²) in [5.41, 5.74) is 1.01. The highest BCUT2D eigenvalue weighted by Gasteiger charge is 2.33. The molecule has 2 aromatic rings. The summed E-state index contributed by atoms with van der Waals surface area (Å²) in [6.07, 6.45) is 6.17. The fraction of sp³-hybridized carbons (Fsp3) is 0.474. The standard InChI is InChI=1S/C19H23ClN6O/c1-2-6-22-19(27)15-4-3-8-26(15)16-5-7-21-18(25-16)14-11-24-17-13(14)9-12(20)10-23-17/h5,7,9-10,14-15H,2-4,6,8,11H2,1H3,(H,22,27)(H,23,24)/t14?,15-/m1/s1. The predicted molar refractivity (Wildman–Crippen MR) is 105 cm³/mol. The van der Waals surface area contributed by atoms with Crippen molar-refractivity contribution >= 4 is 29.1 Å². The SMILES string of the molecule is CCCNC(=O)[C@H]1CCCN1c1ccnc(C2CNc3ncc(Cl)cc32)n1.